The summed E-state index contributed by atoms with van der Waals surface area (Å²) >= 11 is 1.39. The predicted octanol–water partition coefficient (Wildman–Crippen LogP) is 0.746. The van der Waals surface area contributed by atoms with E-state index in [1.165, 1.54) is 11.8 Å². The number of hydrogen-bond acceptors (Lipinski definition) is 6. The van der Waals surface area contributed by atoms with E-state index in [-0.39, 0.29) is 11.7 Å². The first kappa shape index (κ1) is 16.0. The fourth-order valence-electron chi connectivity index (χ4n) is 2.68. The van der Waals surface area contributed by atoms with Crippen LogP contribution >= 0.6 is 11.8 Å². The van der Waals surface area contributed by atoms with E-state index in [4.69, 9.17) is 0 Å². The van der Waals surface area contributed by atoms with Gasteiger partial charge in [0.25, 0.3) is 0 Å². The molecule has 0 atom stereocenters. The molecule has 0 bridgehead atoms. The minimum atomic E-state index is -0.0971. The Kier molecular flexibility index (Phi) is 4.97. The lowest BCUT2D eigenvalue weighted by Gasteiger charge is -2.21. The van der Waals surface area contributed by atoms with Crippen molar-refractivity contribution in [1.82, 2.24) is 29.9 Å². The van der Waals surface area contributed by atoms with Gasteiger partial charge in [-0.2, -0.15) is 5.10 Å². The third-order valence-corrected chi connectivity index (χ3v) is 4.91. The van der Waals surface area contributed by atoms with Crippen LogP contribution < -0.4 is 10.6 Å². The maximum atomic E-state index is 12.0. The number of nitrogens with zero attached hydrogens (tertiary/aromatic N) is 5. The van der Waals surface area contributed by atoms with Gasteiger partial charge < -0.3 is 15.2 Å². The highest BCUT2D eigenvalue weighted by Crippen LogP contribution is 2.26. The zero-order valence-electron chi connectivity index (χ0n) is 13.3. The van der Waals surface area contributed by atoms with Gasteiger partial charge >= 0.3 is 0 Å². The summed E-state index contributed by atoms with van der Waals surface area (Å²) in [5, 5.41) is 19.6. The first-order valence-corrected chi connectivity index (χ1v) is 8.64. The molecule has 1 saturated heterocycles. The molecule has 1 fully saturated rings. The summed E-state index contributed by atoms with van der Waals surface area (Å²) in [7, 11) is 3.78. The maximum Gasteiger partial charge on any atom is 0.236 e. The molecule has 0 radical (unpaired) electrons. The number of piperidine rings is 1. The Morgan fingerprint density at radius 2 is 2.17 bits per heavy atom. The molecule has 0 saturated carbocycles. The van der Waals surface area contributed by atoms with Crippen molar-refractivity contribution in [2.75, 3.05) is 24.2 Å². The molecule has 23 heavy (non-hydrogen) atoms. The van der Waals surface area contributed by atoms with Gasteiger partial charge in [0.05, 0.1) is 5.75 Å². The van der Waals surface area contributed by atoms with E-state index in [9.17, 15) is 4.79 Å². The van der Waals surface area contributed by atoms with Crippen LogP contribution in [0.2, 0.25) is 0 Å². The van der Waals surface area contributed by atoms with Crippen LogP contribution in [0.1, 0.15) is 24.6 Å². The van der Waals surface area contributed by atoms with Gasteiger partial charge in [0, 0.05) is 32.3 Å². The lowest BCUT2D eigenvalue weighted by atomic mass is 9.97. The molecule has 1 aliphatic heterocycles. The molecule has 1 amide bonds. The second kappa shape index (κ2) is 7.14. The van der Waals surface area contributed by atoms with Crippen molar-refractivity contribution in [2.24, 2.45) is 14.1 Å². The zero-order valence-corrected chi connectivity index (χ0v) is 14.1. The monoisotopic (exact) mass is 335 g/mol. The first-order valence-electron chi connectivity index (χ1n) is 7.66. The molecular weight excluding hydrogens is 314 g/mol. The second-order valence-electron chi connectivity index (χ2n) is 5.64. The first-order chi connectivity index (χ1) is 11.1. The highest BCUT2D eigenvalue weighted by Gasteiger charge is 2.22. The van der Waals surface area contributed by atoms with Crippen molar-refractivity contribution >= 4 is 23.5 Å². The highest BCUT2D eigenvalue weighted by molar-refractivity contribution is 7.99. The predicted molar refractivity (Wildman–Crippen MR) is 88.4 cm³/mol. The van der Waals surface area contributed by atoms with Gasteiger partial charge in [-0.3, -0.25) is 9.48 Å². The minimum absolute atomic E-state index is 0.0971. The van der Waals surface area contributed by atoms with E-state index in [0.717, 1.165) is 36.9 Å². The Hall–Kier alpha value is -1.87. The van der Waals surface area contributed by atoms with E-state index >= 15 is 0 Å². The number of hydrogen-bond donors (Lipinski definition) is 2. The number of aryl methyl sites for hydroxylation is 1. The van der Waals surface area contributed by atoms with Crippen molar-refractivity contribution < 1.29 is 4.79 Å². The summed E-state index contributed by atoms with van der Waals surface area (Å²) in [6.07, 6.45) is 3.95. The van der Waals surface area contributed by atoms with Crippen LogP contribution in [0.5, 0.6) is 0 Å². The highest BCUT2D eigenvalue weighted by atomic mass is 32.2. The number of thioether (sulfide) groups is 1. The van der Waals surface area contributed by atoms with E-state index < -0.39 is 0 Å². The Bertz CT molecular complexity index is 674. The molecule has 2 aromatic heterocycles. The molecule has 3 heterocycles. The molecule has 2 N–H and O–H groups in total. The van der Waals surface area contributed by atoms with Crippen LogP contribution in [0.4, 0.5) is 5.82 Å². The molecule has 0 aliphatic carbocycles. The average Bonchev–Trinajstić information content (AvgIpc) is 3.12. The van der Waals surface area contributed by atoms with E-state index in [1.54, 1.807) is 16.9 Å². The van der Waals surface area contributed by atoms with Crippen molar-refractivity contribution in [3.05, 3.63) is 18.1 Å². The minimum Gasteiger partial charge on any atom is -0.317 e. The van der Waals surface area contributed by atoms with Crippen LogP contribution in [0.3, 0.4) is 0 Å². The van der Waals surface area contributed by atoms with E-state index in [0.29, 0.717) is 11.7 Å². The smallest absolute Gasteiger partial charge is 0.236 e. The van der Waals surface area contributed by atoms with Crippen LogP contribution in [-0.4, -0.2) is 49.3 Å². The second-order valence-corrected chi connectivity index (χ2v) is 6.58. The van der Waals surface area contributed by atoms with Crippen LogP contribution in [0.25, 0.3) is 0 Å². The summed E-state index contributed by atoms with van der Waals surface area (Å²) in [5.41, 5.74) is 0. The SMILES string of the molecule is Cn1ccc(NC(=O)CSc2nnc(C3CCNCC3)n2C)n1. The van der Waals surface area contributed by atoms with Gasteiger partial charge in [-0.25, -0.2) is 0 Å². The molecular formula is C14H21N7OS. The average molecular weight is 335 g/mol. The number of nitrogens with one attached hydrogen (secondary N) is 2. The molecule has 2 aromatic rings. The fourth-order valence-corrected chi connectivity index (χ4v) is 3.40. The van der Waals surface area contributed by atoms with Crippen LogP contribution in [0, 0.1) is 0 Å². The fraction of sp³-hybridized carbons (Fsp3) is 0.571. The van der Waals surface area contributed by atoms with Gasteiger partial charge in [0.15, 0.2) is 11.0 Å². The number of amides is 1. The summed E-state index contributed by atoms with van der Waals surface area (Å²) in [4.78, 5) is 12.0. The van der Waals surface area contributed by atoms with Gasteiger partial charge in [-0.15, -0.1) is 10.2 Å². The summed E-state index contributed by atoms with van der Waals surface area (Å²) in [6, 6.07) is 1.76. The third kappa shape index (κ3) is 3.91. The van der Waals surface area contributed by atoms with Gasteiger partial charge in [0.1, 0.15) is 5.82 Å². The molecule has 3 rings (SSSR count). The maximum absolute atomic E-state index is 12.0. The Balaban J connectivity index is 1.55. The Morgan fingerprint density at radius 3 is 2.87 bits per heavy atom. The third-order valence-electron chi connectivity index (χ3n) is 3.89. The van der Waals surface area contributed by atoms with Crippen molar-refractivity contribution in [3.8, 4) is 0 Å². The molecule has 8 nitrogen and oxygen atoms in total. The number of carbonyl (C=O) groups excluding carboxylic acids is 1. The van der Waals surface area contributed by atoms with Gasteiger partial charge in [-0.1, -0.05) is 11.8 Å². The summed E-state index contributed by atoms with van der Waals surface area (Å²) in [5.74, 6) is 2.21. The molecule has 0 aromatic carbocycles. The molecule has 1 aliphatic rings. The van der Waals surface area contributed by atoms with Crippen LogP contribution in [0.15, 0.2) is 17.4 Å². The number of rotatable bonds is 5. The van der Waals surface area contributed by atoms with Crippen molar-refractivity contribution in [3.63, 3.8) is 0 Å². The molecule has 124 valence electrons. The summed E-state index contributed by atoms with van der Waals surface area (Å²) in [6.45, 7) is 2.04. The lowest BCUT2D eigenvalue weighted by Crippen LogP contribution is -2.27. The molecule has 0 spiro atoms. The quantitative estimate of drug-likeness (QED) is 0.784. The van der Waals surface area contributed by atoms with E-state index in [2.05, 4.69) is 25.9 Å². The summed E-state index contributed by atoms with van der Waals surface area (Å²) < 4.78 is 3.66. The van der Waals surface area contributed by atoms with Gasteiger partial charge in [0.2, 0.25) is 5.91 Å². The molecule has 0 unspecified atom stereocenters. The largest absolute Gasteiger partial charge is 0.317 e. The normalized spacial score (nSPS) is 15.7. The van der Waals surface area contributed by atoms with Crippen molar-refractivity contribution in [2.45, 2.75) is 23.9 Å². The zero-order chi connectivity index (χ0) is 16.2. The van der Waals surface area contributed by atoms with Crippen molar-refractivity contribution in [1.29, 1.82) is 0 Å². The number of anilines is 1. The number of aromatic nitrogens is 5. The van der Waals surface area contributed by atoms with E-state index in [1.807, 2.05) is 18.7 Å². The lowest BCUT2D eigenvalue weighted by molar-refractivity contribution is -0.113. The Morgan fingerprint density at radius 1 is 1.39 bits per heavy atom. The number of carbonyl (C=O) groups is 1. The standard InChI is InChI=1S/C14H21N7OS/c1-20-8-5-11(19-20)16-12(22)9-23-14-18-17-13(21(14)2)10-3-6-15-7-4-10/h5,8,10,15H,3-4,6-7,9H2,1-2H3,(H,16,19,22). The van der Waals surface area contributed by atoms with Crippen LogP contribution in [-0.2, 0) is 18.9 Å². The topological polar surface area (TPSA) is 89.7 Å². The molecule has 9 heteroatoms. The Labute approximate surface area is 139 Å². The van der Waals surface area contributed by atoms with Gasteiger partial charge in [-0.05, 0) is 25.9 Å².